The molecule has 0 aromatic rings. The Balaban J connectivity index is 2.89. The number of rotatable bonds is 2. The molecule has 1 aliphatic rings. The molecular weight excluding hydrogens is 168 g/mol. The van der Waals surface area contributed by atoms with E-state index < -0.39 is 20.1 Å². The van der Waals surface area contributed by atoms with Crippen LogP contribution in [0.4, 0.5) is 0 Å². The lowest BCUT2D eigenvalue weighted by molar-refractivity contribution is 0.0425. The van der Waals surface area contributed by atoms with Gasteiger partial charge in [-0.3, -0.25) is 0 Å². The van der Waals surface area contributed by atoms with Gasteiger partial charge in [0.1, 0.15) is 20.1 Å². The topological polar surface area (TPSA) is 40.5 Å². The summed E-state index contributed by atoms with van der Waals surface area (Å²) >= 11 is 0. The van der Waals surface area contributed by atoms with Crippen LogP contribution >= 0.6 is 0 Å². The molecule has 2 nitrogen and oxygen atoms in total. The van der Waals surface area contributed by atoms with Crippen molar-refractivity contribution in [3.05, 3.63) is 36.6 Å². The Hall–Kier alpha value is -0.643. The molecule has 0 fully saturated rings. The minimum atomic E-state index is -1.50. The highest BCUT2D eigenvalue weighted by Gasteiger charge is 2.37. The predicted molar refractivity (Wildman–Crippen MR) is 52.4 cm³/mol. The molecule has 0 saturated carbocycles. The third-order valence-corrected chi connectivity index (χ3v) is 5.02. The van der Waals surface area contributed by atoms with Crippen molar-refractivity contribution in [3.8, 4) is 0 Å². The highest BCUT2D eigenvalue weighted by molar-refractivity contribution is 6.66. The lowest BCUT2D eigenvalue weighted by Gasteiger charge is -2.33. The second-order valence-electron chi connectivity index (χ2n) is 3.10. The molecule has 1 aliphatic carbocycles. The molecule has 66 valence electrons. The quantitative estimate of drug-likeness (QED) is 0.604. The largest absolute Gasteiger partial charge is 0.386 e. The van der Waals surface area contributed by atoms with E-state index in [2.05, 4.69) is 6.58 Å². The van der Waals surface area contributed by atoms with Crippen LogP contribution in [0.1, 0.15) is 0 Å². The Morgan fingerprint density at radius 3 is 2.75 bits per heavy atom. The molecule has 0 amide bonds. The number of hydrogen-bond donors (Lipinski definition) is 2. The Morgan fingerprint density at radius 1 is 1.58 bits per heavy atom. The summed E-state index contributed by atoms with van der Waals surface area (Å²) in [7, 11) is -1.50. The van der Waals surface area contributed by atoms with E-state index in [1.807, 2.05) is 6.55 Å². The van der Waals surface area contributed by atoms with E-state index >= 15 is 0 Å². The summed E-state index contributed by atoms with van der Waals surface area (Å²) in [5, 5.41) is 18.5. The van der Waals surface area contributed by atoms with Crippen molar-refractivity contribution in [1.82, 2.24) is 0 Å². The molecule has 0 aromatic carbocycles. The molecule has 0 aliphatic heterocycles. The predicted octanol–water partition coefficient (Wildman–Crippen LogP) is 0.326. The Bertz CT molecular complexity index is 229. The van der Waals surface area contributed by atoms with Crippen molar-refractivity contribution in [2.45, 2.75) is 17.9 Å². The van der Waals surface area contributed by atoms with Crippen molar-refractivity contribution in [2.24, 2.45) is 0 Å². The van der Waals surface area contributed by atoms with Crippen molar-refractivity contribution >= 4 is 8.80 Å². The third-order valence-electron chi connectivity index (χ3n) is 2.32. The highest BCUT2D eigenvalue weighted by Crippen LogP contribution is 2.21. The molecule has 0 radical (unpaired) electrons. The second-order valence-corrected chi connectivity index (χ2v) is 6.07. The summed E-state index contributed by atoms with van der Waals surface area (Å²) in [6.07, 6.45) is 5.99. The van der Waals surface area contributed by atoms with E-state index in [4.69, 9.17) is 0 Å². The fraction of sp³-hybridized carbons (Fsp3) is 0.333. The number of allylic oxidation sites excluding steroid dienone is 2. The van der Waals surface area contributed by atoms with Crippen LogP contribution in [0.5, 0.6) is 0 Å². The zero-order chi connectivity index (χ0) is 9.19. The Kier molecular flexibility index (Phi) is 2.67. The first-order valence-electron chi connectivity index (χ1n) is 4.00. The van der Waals surface area contributed by atoms with Crippen molar-refractivity contribution in [1.29, 1.82) is 0 Å². The molecule has 3 heteroatoms. The van der Waals surface area contributed by atoms with Gasteiger partial charge in [0.05, 0.1) is 0 Å². The van der Waals surface area contributed by atoms with E-state index in [1.54, 1.807) is 30.0 Å². The maximum Gasteiger partial charge on any atom is 0.104 e. The van der Waals surface area contributed by atoms with Gasteiger partial charge in [-0.05, 0) is 0 Å². The summed E-state index contributed by atoms with van der Waals surface area (Å²) in [4.78, 5) is 0. The summed E-state index contributed by atoms with van der Waals surface area (Å²) in [6.45, 7) is 5.61. The van der Waals surface area contributed by atoms with E-state index in [0.717, 1.165) is 0 Å². The first-order chi connectivity index (χ1) is 5.61. The Labute approximate surface area is 74.2 Å². The molecule has 1 rings (SSSR count). The van der Waals surface area contributed by atoms with Crippen LogP contribution in [-0.4, -0.2) is 30.3 Å². The van der Waals surface area contributed by atoms with Gasteiger partial charge >= 0.3 is 0 Å². The molecule has 0 bridgehead atoms. The van der Waals surface area contributed by atoms with Gasteiger partial charge in [-0.25, -0.2) is 0 Å². The van der Waals surface area contributed by atoms with Crippen LogP contribution in [0.25, 0.3) is 0 Å². The molecule has 1 unspecified atom stereocenters. The summed E-state index contributed by atoms with van der Waals surface area (Å²) in [6, 6.07) is 0. The summed E-state index contributed by atoms with van der Waals surface area (Å²) in [5.74, 6) is 0. The van der Waals surface area contributed by atoms with Crippen molar-refractivity contribution in [2.75, 3.05) is 0 Å². The van der Waals surface area contributed by atoms with Crippen LogP contribution in [0, 0.1) is 0 Å². The van der Waals surface area contributed by atoms with Gasteiger partial charge in [-0.15, -0.1) is 12.3 Å². The molecule has 0 heterocycles. The zero-order valence-electron chi connectivity index (χ0n) is 7.14. The van der Waals surface area contributed by atoms with E-state index in [9.17, 15) is 10.2 Å². The lowest BCUT2D eigenvalue weighted by atomic mass is 10.1. The second kappa shape index (κ2) is 3.39. The van der Waals surface area contributed by atoms with Gasteiger partial charge < -0.3 is 10.2 Å². The average Bonchev–Trinajstić information content (AvgIpc) is 2.09. The van der Waals surface area contributed by atoms with Gasteiger partial charge in [-0.1, -0.05) is 30.9 Å². The first kappa shape index (κ1) is 9.44. The molecule has 12 heavy (non-hydrogen) atoms. The Morgan fingerprint density at radius 2 is 2.25 bits per heavy atom. The fourth-order valence-corrected chi connectivity index (χ4v) is 2.68. The van der Waals surface area contributed by atoms with Gasteiger partial charge in [0.25, 0.3) is 0 Å². The van der Waals surface area contributed by atoms with Gasteiger partial charge in [0.2, 0.25) is 0 Å². The van der Waals surface area contributed by atoms with Gasteiger partial charge in [0.15, 0.2) is 0 Å². The molecule has 3 atom stereocenters. The van der Waals surface area contributed by atoms with Crippen LogP contribution in [0.15, 0.2) is 36.6 Å². The zero-order valence-corrected chi connectivity index (χ0v) is 8.30. The summed E-state index contributed by atoms with van der Waals surface area (Å²) < 4.78 is 0. The highest BCUT2D eigenvalue weighted by atomic mass is 28.3. The summed E-state index contributed by atoms with van der Waals surface area (Å²) in [5.41, 5.74) is 1.77. The SMILES string of the molecule is C=C[SiH](C)[C@@]1(O)C=CC=C[C@@H]1O. The standard InChI is InChI=1S/C9H14O2Si/c1-3-12(2)9(11)7-5-4-6-8(9)10/h3-8,10-12H,1H2,2H3/t8-,9-,12?/m0/s1. The van der Waals surface area contributed by atoms with Gasteiger partial charge in [-0.2, -0.15) is 0 Å². The third kappa shape index (κ3) is 1.43. The maximum atomic E-state index is 10.0. The van der Waals surface area contributed by atoms with Crippen LogP contribution in [-0.2, 0) is 0 Å². The minimum Gasteiger partial charge on any atom is -0.386 e. The number of hydrogen-bond acceptors (Lipinski definition) is 2. The molecule has 0 spiro atoms. The van der Waals surface area contributed by atoms with Crippen molar-refractivity contribution < 1.29 is 10.2 Å². The minimum absolute atomic E-state index is 0.776. The normalized spacial score (nSPS) is 36.4. The number of aliphatic hydroxyl groups excluding tert-OH is 1. The smallest absolute Gasteiger partial charge is 0.104 e. The average molecular weight is 182 g/mol. The monoisotopic (exact) mass is 182 g/mol. The first-order valence-corrected chi connectivity index (χ1v) is 6.40. The fourth-order valence-electron chi connectivity index (χ4n) is 1.24. The molecule has 0 aromatic heterocycles. The van der Waals surface area contributed by atoms with E-state index in [0.29, 0.717) is 0 Å². The molecule has 2 N–H and O–H groups in total. The van der Waals surface area contributed by atoms with E-state index in [-0.39, 0.29) is 0 Å². The lowest BCUT2D eigenvalue weighted by Crippen LogP contribution is -2.51. The van der Waals surface area contributed by atoms with Crippen LogP contribution in [0.3, 0.4) is 0 Å². The van der Waals surface area contributed by atoms with Crippen LogP contribution in [0.2, 0.25) is 6.55 Å². The van der Waals surface area contributed by atoms with Gasteiger partial charge in [0, 0.05) is 0 Å². The van der Waals surface area contributed by atoms with E-state index in [1.165, 1.54) is 0 Å². The maximum absolute atomic E-state index is 10.0. The number of aliphatic hydroxyl groups is 2. The molecule has 0 saturated heterocycles. The van der Waals surface area contributed by atoms with Crippen molar-refractivity contribution in [3.63, 3.8) is 0 Å². The van der Waals surface area contributed by atoms with Crippen LogP contribution < -0.4 is 0 Å². The molecular formula is C9H14O2Si.